The number of amides is 1. The molecule has 8 heteroatoms. The minimum Gasteiger partial charge on any atom is -0.346 e. The molecule has 0 saturated carbocycles. The van der Waals surface area contributed by atoms with Crippen LogP contribution in [-0.4, -0.2) is 16.1 Å². The predicted molar refractivity (Wildman–Crippen MR) is 56.0 cm³/mol. The number of hydrogen-bond donors (Lipinski definition) is 2. The smallest absolute Gasteiger partial charge is 0.254 e. The maximum Gasteiger partial charge on any atom is 0.254 e. The molecule has 1 heterocycles. The van der Waals surface area contributed by atoms with Crippen molar-refractivity contribution in [3.8, 4) is 0 Å². The molecular formula is C11H7F4N3O. The van der Waals surface area contributed by atoms with E-state index in [0.717, 1.165) is 0 Å². The van der Waals surface area contributed by atoms with Crippen LogP contribution < -0.4 is 5.32 Å². The van der Waals surface area contributed by atoms with Crippen LogP contribution in [0.1, 0.15) is 16.1 Å². The molecule has 0 aliphatic rings. The van der Waals surface area contributed by atoms with Gasteiger partial charge in [-0.15, -0.1) is 0 Å². The van der Waals surface area contributed by atoms with Crippen LogP contribution in [0.4, 0.5) is 17.6 Å². The largest absolute Gasteiger partial charge is 0.346 e. The Morgan fingerprint density at radius 1 is 1.21 bits per heavy atom. The molecule has 0 atom stereocenters. The van der Waals surface area contributed by atoms with Crippen LogP contribution in [0.15, 0.2) is 18.3 Å². The highest BCUT2D eigenvalue weighted by Gasteiger charge is 2.22. The fourth-order valence-corrected chi connectivity index (χ4v) is 1.39. The van der Waals surface area contributed by atoms with Crippen LogP contribution in [0.2, 0.25) is 0 Å². The lowest BCUT2D eigenvalue weighted by atomic mass is 10.1. The summed E-state index contributed by atoms with van der Waals surface area (Å²) in [6, 6.07) is 1.85. The van der Waals surface area contributed by atoms with E-state index in [-0.39, 0.29) is 6.54 Å². The predicted octanol–water partition coefficient (Wildman–Crippen LogP) is 1.90. The van der Waals surface area contributed by atoms with E-state index < -0.39 is 34.7 Å². The van der Waals surface area contributed by atoms with Crippen molar-refractivity contribution >= 4 is 5.91 Å². The van der Waals surface area contributed by atoms with Crippen molar-refractivity contribution in [3.63, 3.8) is 0 Å². The van der Waals surface area contributed by atoms with Gasteiger partial charge in [0, 0.05) is 6.20 Å². The summed E-state index contributed by atoms with van der Waals surface area (Å²) in [5.74, 6) is -8.41. The molecule has 100 valence electrons. The van der Waals surface area contributed by atoms with Crippen molar-refractivity contribution < 1.29 is 22.4 Å². The standard InChI is InChI=1S/C11H7F4N3O/c12-7-3-6(8(13)10(15)9(7)14)11(19)16-4-5-1-2-17-18-5/h1-3H,4H2,(H,16,19)(H,17,18). The number of nitrogens with one attached hydrogen (secondary N) is 2. The molecule has 0 radical (unpaired) electrons. The van der Waals surface area contributed by atoms with E-state index in [9.17, 15) is 22.4 Å². The minimum absolute atomic E-state index is 0.0428. The van der Waals surface area contributed by atoms with Crippen LogP contribution in [0.25, 0.3) is 0 Å². The highest BCUT2D eigenvalue weighted by molar-refractivity contribution is 5.94. The van der Waals surface area contributed by atoms with E-state index in [0.29, 0.717) is 11.8 Å². The van der Waals surface area contributed by atoms with Gasteiger partial charge in [-0.25, -0.2) is 17.6 Å². The number of carbonyl (C=O) groups excluding carboxylic acids is 1. The maximum atomic E-state index is 13.3. The summed E-state index contributed by atoms with van der Waals surface area (Å²) in [7, 11) is 0. The quantitative estimate of drug-likeness (QED) is 0.510. The number of H-pyrrole nitrogens is 1. The second-order valence-corrected chi connectivity index (χ2v) is 3.61. The van der Waals surface area contributed by atoms with Gasteiger partial charge in [-0.05, 0) is 12.1 Å². The topological polar surface area (TPSA) is 57.8 Å². The van der Waals surface area contributed by atoms with E-state index in [4.69, 9.17) is 0 Å². The Bertz CT molecular complexity index is 613. The van der Waals surface area contributed by atoms with Gasteiger partial charge in [0.25, 0.3) is 5.91 Å². The van der Waals surface area contributed by atoms with Crippen molar-refractivity contribution in [3.05, 3.63) is 52.9 Å². The van der Waals surface area contributed by atoms with Gasteiger partial charge in [0.05, 0.1) is 17.8 Å². The number of aromatic amines is 1. The fraction of sp³-hybridized carbons (Fsp3) is 0.0909. The van der Waals surface area contributed by atoms with Gasteiger partial charge in [-0.1, -0.05) is 0 Å². The molecular weight excluding hydrogens is 266 g/mol. The average Bonchev–Trinajstić information content (AvgIpc) is 2.91. The molecule has 0 spiro atoms. The van der Waals surface area contributed by atoms with E-state index in [1.807, 2.05) is 0 Å². The third kappa shape index (κ3) is 2.56. The number of aromatic nitrogens is 2. The Balaban J connectivity index is 2.20. The third-order valence-corrected chi connectivity index (χ3v) is 2.35. The monoisotopic (exact) mass is 273 g/mol. The van der Waals surface area contributed by atoms with Gasteiger partial charge >= 0.3 is 0 Å². The Kier molecular flexibility index (Phi) is 3.50. The van der Waals surface area contributed by atoms with Crippen molar-refractivity contribution in [1.29, 1.82) is 0 Å². The van der Waals surface area contributed by atoms with Crippen LogP contribution in [0.5, 0.6) is 0 Å². The number of halogens is 4. The highest BCUT2D eigenvalue weighted by atomic mass is 19.2. The first kappa shape index (κ1) is 13.1. The number of nitrogens with zero attached hydrogens (tertiary/aromatic N) is 1. The summed E-state index contributed by atoms with van der Waals surface area (Å²) in [4.78, 5) is 11.5. The first-order valence-corrected chi connectivity index (χ1v) is 5.10. The van der Waals surface area contributed by atoms with E-state index in [2.05, 4.69) is 15.5 Å². The second kappa shape index (κ2) is 5.09. The molecule has 4 nitrogen and oxygen atoms in total. The second-order valence-electron chi connectivity index (χ2n) is 3.61. The summed E-state index contributed by atoms with van der Waals surface area (Å²) in [5, 5.41) is 8.34. The summed E-state index contributed by atoms with van der Waals surface area (Å²) >= 11 is 0. The molecule has 0 aliphatic heterocycles. The molecule has 0 saturated heterocycles. The van der Waals surface area contributed by atoms with Crippen molar-refractivity contribution in [2.24, 2.45) is 0 Å². The normalized spacial score (nSPS) is 10.5. The minimum atomic E-state index is -2.02. The molecule has 2 aromatic rings. The van der Waals surface area contributed by atoms with Crippen LogP contribution in [0, 0.1) is 23.3 Å². The van der Waals surface area contributed by atoms with E-state index >= 15 is 0 Å². The summed E-state index contributed by atoms with van der Waals surface area (Å²) in [5.41, 5.74) is -0.396. The van der Waals surface area contributed by atoms with Crippen LogP contribution >= 0.6 is 0 Å². The van der Waals surface area contributed by atoms with E-state index in [1.165, 1.54) is 6.20 Å². The number of carbonyl (C=O) groups is 1. The van der Waals surface area contributed by atoms with Gasteiger partial charge in [0.1, 0.15) is 0 Å². The molecule has 1 aromatic heterocycles. The summed E-state index contributed by atoms with van der Waals surface area (Å²) in [6.45, 7) is -0.0428. The lowest BCUT2D eigenvalue weighted by molar-refractivity contribution is 0.0944. The van der Waals surface area contributed by atoms with E-state index in [1.54, 1.807) is 6.07 Å². The Morgan fingerprint density at radius 2 is 1.95 bits per heavy atom. The molecule has 2 N–H and O–H groups in total. The molecule has 2 rings (SSSR count). The number of benzene rings is 1. The zero-order valence-electron chi connectivity index (χ0n) is 9.31. The zero-order chi connectivity index (χ0) is 14.0. The van der Waals surface area contributed by atoms with Crippen LogP contribution in [-0.2, 0) is 6.54 Å². The van der Waals surface area contributed by atoms with Crippen molar-refractivity contribution in [2.45, 2.75) is 6.54 Å². The number of hydrogen-bond acceptors (Lipinski definition) is 2. The molecule has 19 heavy (non-hydrogen) atoms. The Labute approximate surface area is 104 Å². The molecule has 1 aromatic carbocycles. The Morgan fingerprint density at radius 3 is 2.58 bits per heavy atom. The fourth-order valence-electron chi connectivity index (χ4n) is 1.39. The van der Waals surface area contributed by atoms with Crippen molar-refractivity contribution in [1.82, 2.24) is 15.5 Å². The highest BCUT2D eigenvalue weighted by Crippen LogP contribution is 2.18. The van der Waals surface area contributed by atoms with Crippen LogP contribution in [0.3, 0.4) is 0 Å². The first-order valence-electron chi connectivity index (χ1n) is 5.10. The van der Waals surface area contributed by atoms with Gasteiger partial charge < -0.3 is 5.32 Å². The third-order valence-electron chi connectivity index (χ3n) is 2.35. The van der Waals surface area contributed by atoms with Crippen molar-refractivity contribution in [2.75, 3.05) is 0 Å². The summed E-state index contributed by atoms with van der Waals surface area (Å²) in [6.07, 6.45) is 1.43. The average molecular weight is 273 g/mol. The zero-order valence-corrected chi connectivity index (χ0v) is 9.31. The molecule has 0 bridgehead atoms. The first-order chi connectivity index (χ1) is 9.00. The molecule has 0 unspecified atom stereocenters. The summed E-state index contributed by atoms with van der Waals surface area (Å²) < 4.78 is 51.9. The lowest BCUT2D eigenvalue weighted by Gasteiger charge is -2.06. The van der Waals surface area contributed by atoms with Gasteiger partial charge in [-0.2, -0.15) is 5.10 Å². The molecule has 1 amide bonds. The number of rotatable bonds is 3. The van der Waals surface area contributed by atoms with Gasteiger partial charge in [0.15, 0.2) is 23.3 Å². The lowest BCUT2D eigenvalue weighted by Crippen LogP contribution is -2.25. The molecule has 0 fully saturated rings. The SMILES string of the molecule is O=C(NCc1ccn[nH]1)c1cc(F)c(F)c(F)c1F. The molecule has 0 aliphatic carbocycles. The Hall–Kier alpha value is -2.38. The van der Waals surface area contributed by atoms with Gasteiger partial charge in [-0.3, -0.25) is 9.89 Å². The maximum absolute atomic E-state index is 13.3. The van der Waals surface area contributed by atoms with Gasteiger partial charge in [0.2, 0.25) is 0 Å².